The third-order valence-electron chi connectivity index (χ3n) is 6.04. The number of nitrogens with one attached hydrogen (secondary N) is 1. The van der Waals surface area contributed by atoms with Crippen LogP contribution in [0.1, 0.15) is 38.8 Å². The number of phenolic OH excluding ortho intramolecular Hbond substituents is 1. The molecule has 0 aliphatic carbocycles. The van der Waals surface area contributed by atoms with Crippen LogP contribution in [0.25, 0.3) is 11.1 Å². The molecule has 1 aliphatic heterocycles. The first-order valence-electron chi connectivity index (χ1n) is 12.8. The number of carbonyl (C=O) groups excluding carboxylic acids is 1. The van der Waals surface area contributed by atoms with Gasteiger partial charge in [0.05, 0.1) is 25.1 Å². The van der Waals surface area contributed by atoms with Crippen molar-refractivity contribution in [2.45, 2.75) is 46.8 Å². The molecule has 3 aromatic rings. The van der Waals surface area contributed by atoms with Gasteiger partial charge >= 0.3 is 0 Å². The second kappa shape index (κ2) is 14.2. The van der Waals surface area contributed by atoms with Crippen LogP contribution in [-0.4, -0.2) is 43.6 Å². The molecule has 6 nitrogen and oxygen atoms in total. The van der Waals surface area contributed by atoms with Crippen LogP contribution < -0.4 is 15.0 Å². The Labute approximate surface area is 237 Å². The molecule has 0 atom stereocenters. The fourth-order valence-corrected chi connectivity index (χ4v) is 4.01. The van der Waals surface area contributed by atoms with Crippen LogP contribution in [0.3, 0.4) is 0 Å². The van der Waals surface area contributed by atoms with E-state index < -0.39 is 5.54 Å². The van der Waals surface area contributed by atoms with E-state index in [1.165, 1.54) is 12.1 Å². The summed E-state index contributed by atoms with van der Waals surface area (Å²) in [6.07, 6.45) is 0. The lowest BCUT2D eigenvalue weighted by Gasteiger charge is -2.39. The van der Waals surface area contributed by atoms with Crippen LogP contribution in [0.15, 0.2) is 54.6 Å². The van der Waals surface area contributed by atoms with E-state index in [1.54, 1.807) is 56.5 Å². The molecule has 2 N–H and O–H groups in total. The summed E-state index contributed by atoms with van der Waals surface area (Å²) < 4.78 is 23.0. The van der Waals surface area contributed by atoms with Crippen molar-refractivity contribution in [3.63, 3.8) is 0 Å². The van der Waals surface area contributed by atoms with E-state index in [4.69, 9.17) is 9.47 Å². The van der Waals surface area contributed by atoms with Crippen molar-refractivity contribution >= 4 is 29.9 Å². The number of amides is 1. The monoisotopic (exact) mass is 556 g/mol. The van der Waals surface area contributed by atoms with Crippen molar-refractivity contribution in [1.82, 2.24) is 0 Å². The number of carbonyl (C=O) groups is 1. The predicted octanol–water partition coefficient (Wildman–Crippen LogP) is 7.09. The number of halogens is 1. The first-order chi connectivity index (χ1) is 18.4. The zero-order valence-electron chi connectivity index (χ0n) is 24.1. The number of benzene rings is 3. The maximum atomic E-state index is 12.7. The average molecular weight is 557 g/mol. The number of nitrogens with zero attached hydrogens (tertiary/aromatic N) is 1. The molecular weight excluding hydrogens is 515 g/mol. The van der Waals surface area contributed by atoms with Crippen LogP contribution in [0.4, 0.5) is 15.8 Å². The summed E-state index contributed by atoms with van der Waals surface area (Å²) in [5, 5.41) is 13.1. The molecule has 0 radical (unpaired) electrons. The summed E-state index contributed by atoms with van der Waals surface area (Å²) in [5.41, 5.74) is 4.69. The zero-order chi connectivity index (χ0) is 29.3. The Morgan fingerprint density at radius 3 is 2.15 bits per heavy atom. The van der Waals surface area contributed by atoms with Gasteiger partial charge in [0.25, 0.3) is 5.91 Å². The Bertz CT molecular complexity index is 1230. The smallest absolute Gasteiger partial charge is 0.251 e. The predicted molar refractivity (Wildman–Crippen MR) is 162 cm³/mol. The van der Waals surface area contributed by atoms with Crippen LogP contribution in [0.5, 0.6) is 11.5 Å². The van der Waals surface area contributed by atoms with E-state index >= 15 is 0 Å². The highest BCUT2D eigenvalue weighted by Gasteiger charge is 2.38. The van der Waals surface area contributed by atoms with Crippen molar-refractivity contribution in [1.29, 1.82) is 0 Å². The molecule has 39 heavy (non-hydrogen) atoms. The number of phenols is 1. The van der Waals surface area contributed by atoms with Crippen molar-refractivity contribution in [3.05, 3.63) is 71.5 Å². The SMILES string of the molecule is CC(C)CS.COCc1c(-c2ccc(O)cc2OC)ccc2c1N(C)C(=O)C(C)(C)N2.Cc1ccc(F)cc1. The molecule has 0 spiro atoms. The Kier molecular flexibility index (Phi) is 11.7. The van der Waals surface area contributed by atoms with Crippen LogP contribution in [0.2, 0.25) is 0 Å². The Balaban J connectivity index is 0.000000337. The van der Waals surface area contributed by atoms with Crippen LogP contribution in [-0.2, 0) is 16.1 Å². The van der Waals surface area contributed by atoms with Crippen LogP contribution >= 0.6 is 12.6 Å². The van der Waals surface area contributed by atoms with Gasteiger partial charge in [0.15, 0.2) is 0 Å². The molecular formula is C31H41FN2O4S. The van der Waals surface area contributed by atoms with Gasteiger partial charge < -0.3 is 24.8 Å². The molecule has 0 unspecified atom stereocenters. The van der Waals surface area contributed by atoms with Gasteiger partial charge in [-0.1, -0.05) is 37.6 Å². The molecule has 1 amide bonds. The molecule has 4 rings (SSSR count). The number of aromatic hydroxyl groups is 1. The number of aryl methyl sites for hydroxylation is 1. The third-order valence-corrected chi connectivity index (χ3v) is 6.77. The second-order valence-corrected chi connectivity index (χ2v) is 10.7. The first kappa shape index (κ1) is 32.0. The number of likely N-dealkylation sites (N-methyl/N-ethyl adjacent to an activating group) is 1. The number of hydrogen-bond acceptors (Lipinski definition) is 6. The van der Waals surface area contributed by atoms with Gasteiger partial charge in [-0.3, -0.25) is 4.79 Å². The van der Waals surface area contributed by atoms with Gasteiger partial charge in [-0.15, -0.1) is 0 Å². The number of methoxy groups -OCH3 is 2. The maximum Gasteiger partial charge on any atom is 0.251 e. The molecule has 0 fully saturated rings. The van der Waals surface area contributed by atoms with E-state index in [-0.39, 0.29) is 17.5 Å². The van der Waals surface area contributed by atoms with E-state index in [0.29, 0.717) is 12.4 Å². The van der Waals surface area contributed by atoms with E-state index in [2.05, 4.69) is 31.8 Å². The Hall–Kier alpha value is -3.23. The summed E-state index contributed by atoms with van der Waals surface area (Å²) >= 11 is 4.02. The lowest BCUT2D eigenvalue weighted by atomic mass is 9.92. The van der Waals surface area contributed by atoms with Gasteiger partial charge in [0.1, 0.15) is 22.9 Å². The normalized spacial score (nSPS) is 13.4. The number of anilines is 2. The van der Waals surface area contributed by atoms with Gasteiger partial charge in [0.2, 0.25) is 0 Å². The fraction of sp³-hybridized carbons (Fsp3) is 0.387. The Morgan fingerprint density at radius 2 is 1.64 bits per heavy atom. The summed E-state index contributed by atoms with van der Waals surface area (Å²) in [7, 11) is 4.96. The highest BCUT2D eigenvalue weighted by molar-refractivity contribution is 7.80. The lowest BCUT2D eigenvalue weighted by Crippen LogP contribution is -2.52. The van der Waals surface area contributed by atoms with Gasteiger partial charge in [-0.25, -0.2) is 4.39 Å². The molecule has 0 saturated carbocycles. The van der Waals surface area contributed by atoms with Crippen LogP contribution in [0, 0.1) is 18.7 Å². The van der Waals surface area contributed by atoms with E-state index in [1.807, 2.05) is 32.9 Å². The largest absolute Gasteiger partial charge is 0.508 e. The van der Waals surface area contributed by atoms with Crippen molar-refractivity contribution < 1.29 is 23.8 Å². The lowest BCUT2D eigenvalue weighted by molar-refractivity contribution is -0.121. The number of ether oxygens (including phenoxy) is 2. The molecule has 1 aliphatic rings. The fourth-order valence-electron chi connectivity index (χ4n) is 4.01. The molecule has 0 bridgehead atoms. The number of thiol groups is 1. The van der Waals surface area contributed by atoms with Crippen molar-refractivity contribution in [2.24, 2.45) is 5.92 Å². The van der Waals surface area contributed by atoms with Gasteiger partial charge in [-0.05, 0) is 68.3 Å². The van der Waals surface area contributed by atoms with Crippen molar-refractivity contribution in [2.75, 3.05) is 37.2 Å². The summed E-state index contributed by atoms with van der Waals surface area (Å²) in [6.45, 7) is 10.3. The molecule has 3 aromatic carbocycles. The average Bonchev–Trinajstić information content (AvgIpc) is 2.90. The molecule has 1 heterocycles. The molecule has 212 valence electrons. The van der Waals surface area contributed by atoms with E-state index in [0.717, 1.165) is 45.3 Å². The highest BCUT2D eigenvalue weighted by atomic mass is 32.1. The number of hydrogen-bond donors (Lipinski definition) is 3. The standard InChI is InChI=1S/C20H24N2O4.C7H7F.C4H10S/c1-20(2)19(24)22(3)18-15(11-25-4)13(8-9-16(18)21-20)14-7-6-12(23)10-17(14)26-5;1-6-2-4-7(8)5-3-6;1-4(2)3-5/h6-10,21,23H,11H2,1-5H3;2-5H,1H3;4-5H,3H2,1-2H3. The molecule has 8 heteroatoms. The number of rotatable bonds is 5. The first-order valence-corrected chi connectivity index (χ1v) is 13.4. The quantitative estimate of drug-likeness (QED) is 0.293. The maximum absolute atomic E-state index is 12.7. The highest BCUT2D eigenvalue weighted by Crippen LogP contribution is 2.44. The minimum Gasteiger partial charge on any atom is -0.508 e. The minimum absolute atomic E-state index is 0.0165. The van der Waals surface area contributed by atoms with Crippen molar-refractivity contribution in [3.8, 4) is 22.6 Å². The third kappa shape index (κ3) is 8.38. The second-order valence-electron chi connectivity index (χ2n) is 10.3. The summed E-state index contributed by atoms with van der Waals surface area (Å²) in [5.74, 6) is 2.25. The number of fused-ring (bicyclic) bond motifs is 1. The van der Waals surface area contributed by atoms with Gasteiger partial charge in [0, 0.05) is 31.4 Å². The summed E-state index contributed by atoms with van der Waals surface area (Å²) in [4.78, 5) is 14.4. The molecule has 0 saturated heterocycles. The minimum atomic E-state index is -0.677. The topological polar surface area (TPSA) is 71.0 Å². The molecule has 0 aromatic heterocycles. The Morgan fingerprint density at radius 1 is 1.05 bits per heavy atom. The van der Waals surface area contributed by atoms with E-state index in [9.17, 15) is 14.3 Å². The van der Waals surface area contributed by atoms with Gasteiger partial charge in [-0.2, -0.15) is 12.6 Å². The zero-order valence-corrected chi connectivity index (χ0v) is 25.0. The summed E-state index contributed by atoms with van der Waals surface area (Å²) in [6, 6.07) is 15.3.